The van der Waals surface area contributed by atoms with Crippen molar-refractivity contribution in [1.82, 2.24) is 0 Å². The van der Waals surface area contributed by atoms with Crippen molar-refractivity contribution in [2.45, 2.75) is 18.9 Å². The molecule has 0 saturated carbocycles. The third kappa shape index (κ3) is 1.49. The van der Waals surface area contributed by atoms with E-state index < -0.39 is 0 Å². The molecule has 8 heavy (non-hydrogen) atoms. The zero-order valence-corrected chi connectivity index (χ0v) is 4.80. The average molecular weight is 112 g/mol. The Morgan fingerprint density at radius 3 is 3.12 bits per heavy atom. The Hall–Kier alpha value is -0.0151. The molecule has 2 radical (unpaired) electrons. The van der Waals surface area contributed by atoms with Gasteiger partial charge in [-0.3, -0.25) is 0 Å². The molecule has 1 unspecified atom stereocenters. The van der Waals surface area contributed by atoms with Gasteiger partial charge in [-0.05, 0) is 12.8 Å². The summed E-state index contributed by atoms with van der Waals surface area (Å²) in [5.41, 5.74) is 0. The molecule has 0 aromatic rings. The second-order valence-corrected chi connectivity index (χ2v) is 1.97. The van der Waals surface area contributed by atoms with Crippen molar-refractivity contribution in [3.8, 4) is 0 Å². The molecule has 1 aliphatic rings. The van der Waals surface area contributed by atoms with Crippen molar-refractivity contribution in [2.75, 3.05) is 13.2 Å². The van der Waals surface area contributed by atoms with E-state index in [-0.39, 0.29) is 6.10 Å². The van der Waals surface area contributed by atoms with Crippen LogP contribution >= 0.6 is 0 Å². The quantitative estimate of drug-likeness (QED) is 0.477. The van der Waals surface area contributed by atoms with Gasteiger partial charge in [0, 0.05) is 6.61 Å². The molecule has 1 fully saturated rings. The lowest BCUT2D eigenvalue weighted by Gasteiger charge is -2.05. The van der Waals surface area contributed by atoms with Crippen molar-refractivity contribution < 1.29 is 9.39 Å². The highest BCUT2D eigenvalue weighted by atomic mass is 16.5. The lowest BCUT2D eigenvalue weighted by Crippen LogP contribution is -2.12. The van der Waals surface area contributed by atoms with Gasteiger partial charge in [-0.2, -0.15) is 0 Å². The Kier molecular flexibility index (Phi) is 2.37. The van der Waals surface area contributed by atoms with Crippen LogP contribution in [0.5, 0.6) is 0 Å². The smallest absolute Gasteiger partial charge is 0.282 e. The van der Waals surface area contributed by atoms with Gasteiger partial charge in [-0.25, -0.2) is 0 Å². The van der Waals surface area contributed by atoms with Gasteiger partial charge in [0.05, 0.1) is 12.7 Å². The molecule has 1 heterocycles. The van der Waals surface area contributed by atoms with E-state index in [1.165, 1.54) is 0 Å². The molecule has 1 saturated heterocycles. The van der Waals surface area contributed by atoms with E-state index in [4.69, 9.17) is 12.8 Å². The summed E-state index contributed by atoms with van der Waals surface area (Å²) in [7, 11) is 4.83. The molecule has 1 atom stereocenters. The van der Waals surface area contributed by atoms with E-state index in [9.17, 15) is 0 Å². The largest absolute Gasteiger partial charge is 0.445 e. The molecule has 1 rings (SSSR count). The van der Waals surface area contributed by atoms with Crippen LogP contribution in [0.1, 0.15) is 12.8 Å². The molecule has 0 bridgehead atoms. The van der Waals surface area contributed by atoms with E-state index in [0.29, 0.717) is 6.61 Å². The standard InChI is InChI=1S/C5H9BO2/c6-8-4-5-2-1-3-7-5/h5H,1-4H2. The Labute approximate surface area is 50.6 Å². The number of ether oxygens (including phenoxy) is 1. The summed E-state index contributed by atoms with van der Waals surface area (Å²) in [4.78, 5) is 0. The highest BCUT2D eigenvalue weighted by molar-refractivity contribution is 5.97. The molecule has 0 aromatic heterocycles. The summed E-state index contributed by atoms with van der Waals surface area (Å²) in [5.74, 6) is 0. The second kappa shape index (κ2) is 3.10. The predicted octanol–water partition coefficient (Wildman–Crippen LogP) is 0.265. The van der Waals surface area contributed by atoms with Crippen LogP contribution in [0, 0.1) is 0 Å². The SMILES string of the molecule is [B]OCC1CCCO1. The highest BCUT2D eigenvalue weighted by Crippen LogP contribution is 2.10. The summed E-state index contributed by atoms with van der Waals surface area (Å²) in [6.45, 7) is 1.41. The van der Waals surface area contributed by atoms with Crippen LogP contribution in [0.3, 0.4) is 0 Å². The molecule has 2 nitrogen and oxygen atoms in total. The maximum Gasteiger partial charge on any atom is 0.282 e. The Morgan fingerprint density at radius 1 is 1.75 bits per heavy atom. The summed E-state index contributed by atoms with van der Waals surface area (Å²) < 4.78 is 9.59. The summed E-state index contributed by atoms with van der Waals surface area (Å²) >= 11 is 0. The molecule has 3 heteroatoms. The zero-order valence-electron chi connectivity index (χ0n) is 4.80. The second-order valence-electron chi connectivity index (χ2n) is 1.97. The van der Waals surface area contributed by atoms with Gasteiger partial charge in [0.2, 0.25) is 0 Å². The van der Waals surface area contributed by atoms with Crippen LogP contribution in [0.4, 0.5) is 0 Å². The molecule has 0 aliphatic carbocycles. The normalized spacial score (nSPS) is 28.8. The zero-order chi connectivity index (χ0) is 5.82. The number of rotatable bonds is 2. The Morgan fingerprint density at radius 2 is 2.62 bits per heavy atom. The van der Waals surface area contributed by atoms with E-state index >= 15 is 0 Å². The first-order valence-corrected chi connectivity index (χ1v) is 2.87. The van der Waals surface area contributed by atoms with E-state index in [2.05, 4.69) is 4.65 Å². The number of hydrogen-bond acceptors (Lipinski definition) is 2. The van der Waals surface area contributed by atoms with Crippen LogP contribution in [-0.4, -0.2) is 27.4 Å². The molecule has 1 aliphatic heterocycles. The number of hydrogen-bond donors (Lipinski definition) is 0. The molecule has 0 spiro atoms. The fraction of sp³-hybridized carbons (Fsp3) is 1.00. The van der Waals surface area contributed by atoms with Gasteiger partial charge >= 0.3 is 0 Å². The Bertz CT molecular complexity index is 61.4. The maximum atomic E-state index is 5.19. The summed E-state index contributed by atoms with van der Waals surface area (Å²) in [5, 5.41) is 0. The van der Waals surface area contributed by atoms with Gasteiger partial charge in [0.1, 0.15) is 0 Å². The molecule has 0 amide bonds. The molecule has 0 aromatic carbocycles. The third-order valence-electron chi connectivity index (χ3n) is 1.31. The van der Waals surface area contributed by atoms with Crippen LogP contribution in [0.2, 0.25) is 0 Å². The third-order valence-corrected chi connectivity index (χ3v) is 1.31. The lowest BCUT2D eigenvalue weighted by molar-refractivity contribution is 0.0712. The van der Waals surface area contributed by atoms with Crippen molar-refractivity contribution in [3.05, 3.63) is 0 Å². The van der Waals surface area contributed by atoms with Crippen molar-refractivity contribution >= 4 is 8.05 Å². The average Bonchev–Trinajstić information content (AvgIpc) is 2.19. The Balaban J connectivity index is 2.06. The van der Waals surface area contributed by atoms with Gasteiger partial charge in [0.25, 0.3) is 8.05 Å². The van der Waals surface area contributed by atoms with Crippen molar-refractivity contribution in [2.24, 2.45) is 0 Å². The minimum atomic E-state index is 0.264. The van der Waals surface area contributed by atoms with Gasteiger partial charge < -0.3 is 9.39 Å². The molecule has 0 N–H and O–H groups in total. The topological polar surface area (TPSA) is 18.5 Å². The first-order valence-electron chi connectivity index (χ1n) is 2.87. The minimum Gasteiger partial charge on any atom is -0.445 e. The highest BCUT2D eigenvalue weighted by Gasteiger charge is 2.13. The minimum absolute atomic E-state index is 0.264. The van der Waals surface area contributed by atoms with Crippen LogP contribution < -0.4 is 0 Å². The van der Waals surface area contributed by atoms with Gasteiger partial charge in [0.15, 0.2) is 0 Å². The van der Waals surface area contributed by atoms with Crippen molar-refractivity contribution in [3.63, 3.8) is 0 Å². The molecule has 44 valence electrons. The fourth-order valence-corrected chi connectivity index (χ4v) is 0.883. The predicted molar refractivity (Wildman–Crippen MR) is 30.7 cm³/mol. The fourth-order valence-electron chi connectivity index (χ4n) is 0.883. The van der Waals surface area contributed by atoms with Gasteiger partial charge in [-0.1, -0.05) is 0 Å². The van der Waals surface area contributed by atoms with E-state index in [1.807, 2.05) is 0 Å². The molecular weight excluding hydrogens is 103 g/mol. The van der Waals surface area contributed by atoms with Crippen molar-refractivity contribution in [1.29, 1.82) is 0 Å². The van der Waals surface area contributed by atoms with E-state index in [0.717, 1.165) is 19.4 Å². The lowest BCUT2D eigenvalue weighted by atomic mass is 10.2. The monoisotopic (exact) mass is 112 g/mol. The van der Waals surface area contributed by atoms with E-state index in [1.54, 1.807) is 0 Å². The van der Waals surface area contributed by atoms with Crippen LogP contribution in [0.25, 0.3) is 0 Å². The maximum absolute atomic E-state index is 5.19. The van der Waals surface area contributed by atoms with Crippen LogP contribution in [-0.2, 0) is 9.39 Å². The first-order chi connectivity index (χ1) is 3.93. The molecular formula is C5H9BO2. The summed E-state index contributed by atoms with van der Waals surface area (Å²) in [6, 6.07) is 0. The van der Waals surface area contributed by atoms with Crippen LogP contribution in [0.15, 0.2) is 0 Å². The summed E-state index contributed by atoms with van der Waals surface area (Å²) in [6.07, 6.45) is 2.51. The first kappa shape index (κ1) is 6.11. The van der Waals surface area contributed by atoms with Gasteiger partial charge in [-0.15, -0.1) is 0 Å².